The third-order valence-corrected chi connectivity index (χ3v) is 9.27. The molecule has 2 aromatic heterocycles. The molecule has 4 saturated heterocycles. The Balaban J connectivity index is 1.32. The van der Waals surface area contributed by atoms with Crippen LogP contribution in [0.2, 0.25) is 0 Å². The molecular formula is C29H32F4N6O2. The van der Waals surface area contributed by atoms with Crippen molar-refractivity contribution in [2.45, 2.75) is 69.2 Å². The number of fused-ring (bicyclic) bond motifs is 3. The number of rotatable bonds is 8. The van der Waals surface area contributed by atoms with E-state index >= 15 is 4.39 Å². The number of aryl methyl sites for hydroxylation is 1. The van der Waals surface area contributed by atoms with Gasteiger partial charge in [-0.25, -0.2) is 27.5 Å². The van der Waals surface area contributed by atoms with Crippen LogP contribution in [0.4, 0.5) is 29.1 Å². The highest BCUT2D eigenvalue weighted by atomic mass is 19.3. The van der Waals surface area contributed by atoms with Crippen LogP contribution in [0.1, 0.15) is 55.6 Å². The molecule has 0 amide bonds. The van der Waals surface area contributed by atoms with Gasteiger partial charge >= 0.3 is 0 Å². The Morgan fingerprint density at radius 1 is 1.12 bits per heavy atom. The molecule has 218 valence electrons. The summed E-state index contributed by atoms with van der Waals surface area (Å²) in [5.41, 5.74) is -0.904. The van der Waals surface area contributed by atoms with E-state index in [-0.39, 0.29) is 11.1 Å². The van der Waals surface area contributed by atoms with Crippen LogP contribution in [0.5, 0.6) is 0 Å². The van der Waals surface area contributed by atoms with Crippen LogP contribution in [0.25, 0.3) is 10.9 Å². The Hall–Kier alpha value is -3.25. The minimum absolute atomic E-state index is 0.0689. The lowest BCUT2D eigenvalue weighted by Gasteiger charge is -2.60. The van der Waals surface area contributed by atoms with Crippen LogP contribution in [0.15, 0.2) is 29.2 Å². The van der Waals surface area contributed by atoms with Crippen molar-refractivity contribution in [3.8, 4) is 0 Å². The number of benzene rings is 1. The standard InChI is InChI=1S/C29H32F4N6O2/c1-15(20-4-3-5-21(23(20)31)26(32)33)34-27-22-11-38(29(14-30)6-7-29)28(40)25(24(22)35-16(2)36-27)37-9-17-8-18(10-37)39(17)19-12-41-13-19/h3-5,11,15,17-19,26H,6-10,12-14H2,1-2H3,(H,34,35,36)/t15-,17?,18?/m1/s1. The molecular weight excluding hydrogens is 540 g/mol. The van der Waals surface area contributed by atoms with Gasteiger partial charge in [0, 0.05) is 36.9 Å². The normalized spacial score (nSPS) is 24.3. The van der Waals surface area contributed by atoms with Gasteiger partial charge in [0.15, 0.2) is 0 Å². The number of nitrogens with zero attached hydrogens (tertiary/aromatic N) is 5. The number of nitrogens with one attached hydrogen (secondary N) is 1. The van der Waals surface area contributed by atoms with E-state index in [0.717, 1.165) is 25.7 Å². The smallest absolute Gasteiger partial charge is 0.276 e. The highest BCUT2D eigenvalue weighted by Crippen LogP contribution is 2.45. The third kappa shape index (κ3) is 4.20. The molecule has 0 radical (unpaired) electrons. The van der Waals surface area contributed by atoms with Crippen LogP contribution < -0.4 is 15.8 Å². The van der Waals surface area contributed by atoms with E-state index in [1.165, 1.54) is 16.7 Å². The molecule has 1 N–H and O–H groups in total. The monoisotopic (exact) mass is 572 g/mol. The summed E-state index contributed by atoms with van der Waals surface area (Å²) in [7, 11) is 0. The number of hydrogen-bond donors (Lipinski definition) is 1. The molecule has 2 bridgehead atoms. The molecule has 2 unspecified atom stereocenters. The van der Waals surface area contributed by atoms with Crippen molar-refractivity contribution in [2.75, 3.05) is 43.2 Å². The average molecular weight is 573 g/mol. The van der Waals surface area contributed by atoms with Crippen molar-refractivity contribution in [3.63, 3.8) is 0 Å². The molecule has 1 aromatic carbocycles. The second kappa shape index (κ2) is 9.65. The number of halogens is 4. The molecule has 1 aliphatic carbocycles. The van der Waals surface area contributed by atoms with Gasteiger partial charge in [0.1, 0.15) is 35.3 Å². The van der Waals surface area contributed by atoms with Gasteiger partial charge in [-0.05, 0) is 33.1 Å². The molecule has 1 saturated carbocycles. The molecule has 8 nitrogen and oxygen atoms in total. The summed E-state index contributed by atoms with van der Waals surface area (Å²) in [6.07, 6.45) is 0.818. The lowest BCUT2D eigenvalue weighted by molar-refractivity contribution is -0.141. The van der Waals surface area contributed by atoms with Crippen molar-refractivity contribution in [2.24, 2.45) is 0 Å². The van der Waals surface area contributed by atoms with Crippen molar-refractivity contribution in [1.82, 2.24) is 19.4 Å². The van der Waals surface area contributed by atoms with E-state index in [2.05, 4.69) is 20.1 Å². The molecule has 3 aromatic rings. The number of alkyl halides is 3. The van der Waals surface area contributed by atoms with Gasteiger partial charge in [-0.15, -0.1) is 0 Å². The summed E-state index contributed by atoms with van der Waals surface area (Å²) in [6, 6.07) is 4.21. The van der Waals surface area contributed by atoms with E-state index in [9.17, 15) is 18.0 Å². The first-order valence-electron chi connectivity index (χ1n) is 14.1. The fraction of sp³-hybridized carbons (Fsp3) is 0.552. The quantitative estimate of drug-likeness (QED) is 0.400. The molecule has 8 rings (SSSR count). The van der Waals surface area contributed by atoms with Gasteiger partial charge in [0.25, 0.3) is 12.0 Å². The Morgan fingerprint density at radius 3 is 2.44 bits per heavy atom. The molecule has 6 heterocycles. The number of aromatic nitrogens is 3. The molecule has 0 spiro atoms. The lowest BCUT2D eigenvalue weighted by atomic mass is 9.84. The second-order valence-corrected chi connectivity index (χ2v) is 11.9. The average Bonchev–Trinajstić information content (AvgIpc) is 3.71. The number of anilines is 2. The Morgan fingerprint density at radius 2 is 1.83 bits per heavy atom. The maximum Gasteiger partial charge on any atom is 0.276 e. The van der Waals surface area contributed by atoms with Crippen LogP contribution in [-0.2, 0) is 10.3 Å². The second-order valence-electron chi connectivity index (χ2n) is 11.9. The number of pyridine rings is 1. The lowest BCUT2D eigenvalue weighted by Crippen LogP contribution is -2.74. The fourth-order valence-electron chi connectivity index (χ4n) is 6.78. The van der Waals surface area contributed by atoms with Gasteiger partial charge in [-0.2, -0.15) is 0 Å². The summed E-state index contributed by atoms with van der Waals surface area (Å²) in [5, 5.41) is 3.69. The van der Waals surface area contributed by atoms with Gasteiger partial charge in [0.05, 0.1) is 41.8 Å². The molecule has 4 aliphatic heterocycles. The topological polar surface area (TPSA) is 75.5 Å². The zero-order valence-corrected chi connectivity index (χ0v) is 22.9. The first-order valence-corrected chi connectivity index (χ1v) is 14.1. The van der Waals surface area contributed by atoms with Crippen molar-refractivity contribution >= 4 is 22.4 Å². The van der Waals surface area contributed by atoms with Gasteiger partial charge in [-0.3, -0.25) is 9.69 Å². The van der Waals surface area contributed by atoms with Crippen LogP contribution in [-0.4, -0.2) is 70.5 Å². The molecule has 5 fully saturated rings. The van der Waals surface area contributed by atoms with Crippen molar-refractivity contribution in [3.05, 3.63) is 57.5 Å². The Bertz CT molecular complexity index is 1560. The fourth-order valence-corrected chi connectivity index (χ4v) is 6.78. The summed E-state index contributed by atoms with van der Waals surface area (Å²) in [6.45, 7) is 5.46. The van der Waals surface area contributed by atoms with E-state index < -0.39 is 36.1 Å². The summed E-state index contributed by atoms with van der Waals surface area (Å²) in [5.74, 6) is -0.241. The van der Waals surface area contributed by atoms with Crippen LogP contribution in [0, 0.1) is 12.7 Å². The molecule has 41 heavy (non-hydrogen) atoms. The van der Waals surface area contributed by atoms with Gasteiger partial charge in [0.2, 0.25) is 0 Å². The maximum absolute atomic E-state index is 15.0. The summed E-state index contributed by atoms with van der Waals surface area (Å²) < 4.78 is 63.0. The zero-order valence-electron chi connectivity index (χ0n) is 22.9. The predicted molar refractivity (Wildman–Crippen MR) is 146 cm³/mol. The largest absolute Gasteiger partial charge is 0.378 e. The van der Waals surface area contributed by atoms with E-state index in [4.69, 9.17) is 9.72 Å². The highest BCUT2D eigenvalue weighted by Gasteiger charge is 2.51. The van der Waals surface area contributed by atoms with E-state index in [1.54, 1.807) is 20.0 Å². The molecule has 5 aliphatic rings. The first kappa shape index (κ1) is 26.6. The molecule has 3 atom stereocenters. The number of hydrogen-bond acceptors (Lipinski definition) is 7. The maximum atomic E-state index is 15.0. The third-order valence-electron chi connectivity index (χ3n) is 9.27. The Kier molecular flexibility index (Phi) is 6.27. The zero-order chi connectivity index (χ0) is 28.6. The van der Waals surface area contributed by atoms with E-state index in [0.29, 0.717) is 72.3 Å². The summed E-state index contributed by atoms with van der Waals surface area (Å²) >= 11 is 0. The highest BCUT2D eigenvalue weighted by molar-refractivity contribution is 5.97. The predicted octanol–water partition coefficient (Wildman–Crippen LogP) is 4.47. The van der Waals surface area contributed by atoms with Crippen molar-refractivity contribution in [1.29, 1.82) is 0 Å². The number of ether oxygens (including phenoxy) is 1. The van der Waals surface area contributed by atoms with Gasteiger partial charge < -0.3 is 19.5 Å². The number of piperidine rings is 1. The SMILES string of the molecule is Cc1nc(N[C@H](C)c2cccc(C(F)F)c2F)c2cn(C3(CF)CC3)c(=O)c(N3CC4CC(C3)N4C3COC3)c2n1. The minimum atomic E-state index is -2.94. The Labute approximate surface area is 234 Å². The first-order chi connectivity index (χ1) is 19.7. The van der Waals surface area contributed by atoms with Crippen LogP contribution >= 0.6 is 0 Å². The van der Waals surface area contributed by atoms with Gasteiger partial charge in [-0.1, -0.05) is 18.2 Å². The van der Waals surface area contributed by atoms with Crippen molar-refractivity contribution < 1.29 is 22.3 Å². The number of piperazine rings is 1. The van der Waals surface area contributed by atoms with E-state index in [1.807, 2.05) is 0 Å². The molecule has 12 heteroatoms. The summed E-state index contributed by atoms with van der Waals surface area (Å²) in [4.78, 5) is 27.9. The minimum Gasteiger partial charge on any atom is -0.378 e. The van der Waals surface area contributed by atoms with Crippen LogP contribution in [0.3, 0.4) is 0 Å².